The summed E-state index contributed by atoms with van der Waals surface area (Å²) in [6.07, 6.45) is -1.45. The highest BCUT2D eigenvalue weighted by molar-refractivity contribution is 7.93. The van der Waals surface area contributed by atoms with Crippen molar-refractivity contribution in [2.45, 2.75) is 5.51 Å². The first kappa shape index (κ1) is 15.1. The van der Waals surface area contributed by atoms with Gasteiger partial charge in [-0.1, -0.05) is 12.1 Å². The number of rotatable bonds is 3. The van der Waals surface area contributed by atoms with Crippen molar-refractivity contribution < 1.29 is 31.5 Å². The maximum absolute atomic E-state index is 12.2. The highest BCUT2D eigenvalue weighted by Gasteiger charge is 2.46. The van der Waals surface area contributed by atoms with Gasteiger partial charge < -0.3 is 5.11 Å². The molecular formula is C9H9F3N2O4S. The summed E-state index contributed by atoms with van der Waals surface area (Å²) in [4.78, 5) is 11.3. The number of halogens is 3. The molecule has 10 heteroatoms. The minimum absolute atomic E-state index is 0.220. The molecule has 0 atom stereocenters. The number of hydrogen-bond acceptors (Lipinski definition) is 3. The Labute approximate surface area is 106 Å². The number of amides is 1. The molecule has 0 saturated heterocycles. The Morgan fingerprint density at radius 3 is 2.32 bits per heavy atom. The molecule has 0 heterocycles. The maximum atomic E-state index is 12.2. The Bertz CT molecular complexity index is 585. The van der Waals surface area contributed by atoms with Gasteiger partial charge in [-0.25, -0.2) is 4.79 Å². The SMILES string of the molecule is CN(C(=O)O)c1ccccc1NS(=O)(=O)C(F)(F)F. The average Bonchev–Trinajstić information content (AvgIpc) is 2.26. The normalized spacial score (nSPS) is 12.0. The summed E-state index contributed by atoms with van der Waals surface area (Å²) in [7, 11) is -4.53. The molecule has 0 spiro atoms. The summed E-state index contributed by atoms with van der Waals surface area (Å²) in [5.74, 6) is 0. The van der Waals surface area contributed by atoms with E-state index in [1.165, 1.54) is 22.9 Å². The fraction of sp³-hybridized carbons (Fsp3) is 0.222. The zero-order valence-electron chi connectivity index (χ0n) is 9.47. The number of alkyl halides is 3. The van der Waals surface area contributed by atoms with Gasteiger partial charge in [-0.2, -0.15) is 21.6 Å². The molecule has 0 aliphatic heterocycles. The van der Waals surface area contributed by atoms with Crippen LogP contribution in [0.15, 0.2) is 24.3 Å². The molecule has 6 nitrogen and oxygen atoms in total. The predicted molar refractivity (Wildman–Crippen MR) is 61.5 cm³/mol. The molecule has 0 bridgehead atoms. The molecule has 106 valence electrons. The van der Waals surface area contributed by atoms with Gasteiger partial charge in [0.05, 0.1) is 11.4 Å². The van der Waals surface area contributed by atoms with Crippen molar-refractivity contribution in [2.24, 2.45) is 0 Å². The average molecular weight is 298 g/mol. The Kier molecular flexibility index (Phi) is 3.94. The van der Waals surface area contributed by atoms with Crippen LogP contribution in [0.25, 0.3) is 0 Å². The first-order valence-electron chi connectivity index (χ1n) is 4.71. The van der Waals surface area contributed by atoms with E-state index in [1.54, 1.807) is 0 Å². The van der Waals surface area contributed by atoms with Gasteiger partial charge in [0, 0.05) is 7.05 Å². The first-order chi connectivity index (χ1) is 8.56. The number of hydrogen-bond donors (Lipinski definition) is 2. The van der Waals surface area contributed by atoms with E-state index in [-0.39, 0.29) is 5.69 Å². The number of sulfonamides is 1. The number of carbonyl (C=O) groups is 1. The lowest BCUT2D eigenvalue weighted by Gasteiger charge is -2.18. The van der Waals surface area contributed by atoms with Gasteiger partial charge in [0.2, 0.25) is 0 Å². The highest BCUT2D eigenvalue weighted by Crippen LogP contribution is 2.30. The smallest absolute Gasteiger partial charge is 0.465 e. The summed E-state index contributed by atoms with van der Waals surface area (Å²) >= 11 is 0. The molecule has 0 fully saturated rings. The van der Waals surface area contributed by atoms with Gasteiger partial charge in [-0.15, -0.1) is 0 Å². The molecule has 0 unspecified atom stereocenters. The zero-order chi connectivity index (χ0) is 14.8. The largest absolute Gasteiger partial charge is 0.516 e. The Balaban J connectivity index is 3.20. The summed E-state index contributed by atoms with van der Waals surface area (Å²) < 4.78 is 59.9. The van der Waals surface area contributed by atoms with Gasteiger partial charge in [0.15, 0.2) is 0 Å². The van der Waals surface area contributed by atoms with E-state index in [2.05, 4.69) is 0 Å². The van der Waals surface area contributed by atoms with E-state index in [0.29, 0.717) is 4.90 Å². The number of nitrogens with zero attached hydrogens (tertiary/aromatic N) is 1. The Hall–Kier alpha value is -1.97. The molecule has 0 radical (unpaired) electrons. The third-order valence-corrected chi connectivity index (χ3v) is 3.20. The van der Waals surface area contributed by atoms with Gasteiger partial charge >= 0.3 is 21.6 Å². The second-order valence-electron chi connectivity index (χ2n) is 3.41. The van der Waals surface area contributed by atoms with Crippen molar-refractivity contribution in [2.75, 3.05) is 16.7 Å². The fourth-order valence-electron chi connectivity index (χ4n) is 1.16. The van der Waals surface area contributed by atoms with E-state index in [1.807, 2.05) is 0 Å². The molecule has 1 aromatic rings. The number of carboxylic acid groups (broad SMARTS) is 1. The lowest BCUT2D eigenvalue weighted by atomic mass is 10.2. The maximum Gasteiger partial charge on any atom is 0.516 e. The summed E-state index contributed by atoms with van der Waals surface area (Å²) in [6, 6.07) is 4.83. The lowest BCUT2D eigenvalue weighted by Crippen LogP contribution is -2.31. The molecule has 1 aromatic carbocycles. The standard InChI is InChI=1S/C9H9F3N2O4S/c1-14(8(15)16)7-5-3-2-4-6(7)13-19(17,18)9(10,11)12/h2-5,13H,1H3,(H,15,16). The van der Waals surface area contributed by atoms with Crippen LogP contribution in [0.1, 0.15) is 0 Å². The third-order valence-electron chi connectivity index (χ3n) is 2.10. The van der Waals surface area contributed by atoms with Crippen molar-refractivity contribution in [1.29, 1.82) is 0 Å². The van der Waals surface area contributed by atoms with Crippen LogP contribution in [-0.2, 0) is 10.0 Å². The minimum atomic E-state index is -5.60. The van der Waals surface area contributed by atoms with Crippen LogP contribution in [0.2, 0.25) is 0 Å². The topological polar surface area (TPSA) is 86.7 Å². The van der Waals surface area contributed by atoms with E-state index >= 15 is 0 Å². The summed E-state index contributed by atoms with van der Waals surface area (Å²) in [5, 5.41) is 8.74. The number of para-hydroxylation sites is 2. The Morgan fingerprint density at radius 1 is 1.32 bits per heavy atom. The number of benzene rings is 1. The molecule has 0 saturated carbocycles. The van der Waals surface area contributed by atoms with Gasteiger partial charge in [0.25, 0.3) is 0 Å². The van der Waals surface area contributed by atoms with E-state index in [4.69, 9.17) is 5.11 Å². The van der Waals surface area contributed by atoms with E-state index < -0.39 is 27.3 Å². The molecule has 1 amide bonds. The van der Waals surface area contributed by atoms with Gasteiger partial charge in [0.1, 0.15) is 0 Å². The molecule has 0 aliphatic rings. The lowest BCUT2D eigenvalue weighted by molar-refractivity contribution is -0.0429. The van der Waals surface area contributed by atoms with Crippen molar-refractivity contribution >= 4 is 27.5 Å². The molecule has 0 aliphatic carbocycles. The highest BCUT2D eigenvalue weighted by atomic mass is 32.2. The Morgan fingerprint density at radius 2 is 1.84 bits per heavy atom. The third kappa shape index (κ3) is 3.28. The van der Waals surface area contributed by atoms with Crippen molar-refractivity contribution in [3.05, 3.63) is 24.3 Å². The van der Waals surface area contributed by atoms with Crippen molar-refractivity contribution in [1.82, 2.24) is 0 Å². The quantitative estimate of drug-likeness (QED) is 0.894. The molecular weight excluding hydrogens is 289 g/mol. The fourth-order valence-corrected chi connectivity index (χ4v) is 1.74. The monoisotopic (exact) mass is 298 g/mol. The number of anilines is 2. The second kappa shape index (κ2) is 4.96. The predicted octanol–water partition coefficient (Wildman–Crippen LogP) is 2.06. The molecule has 19 heavy (non-hydrogen) atoms. The van der Waals surface area contributed by atoms with Crippen LogP contribution in [-0.4, -0.2) is 32.2 Å². The molecule has 0 aromatic heterocycles. The first-order valence-corrected chi connectivity index (χ1v) is 6.19. The van der Waals surface area contributed by atoms with Crippen LogP contribution < -0.4 is 9.62 Å². The van der Waals surface area contributed by atoms with Crippen molar-refractivity contribution in [3.63, 3.8) is 0 Å². The van der Waals surface area contributed by atoms with Crippen LogP contribution >= 0.6 is 0 Å². The van der Waals surface area contributed by atoms with E-state index in [9.17, 15) is 26.4 Å². The van der Waals surface area contributed by atoms with E-state index in [0.717, 1.165) is 13.1 Å². The summed E-state index contributed by atoms with van der Waals surface area (Å²) in [6.45, 7) is 0. The summed E-state index contributed by atoms with van der Waals surface area (Å²) in [5.41, 5.74) is -6.19. The van der Waals surface area contributed by atoms with Crippen LogP contribution in [0.5, 0.6) is 0 Å². The van der Waals surface area contributed by atoms with Gasteiger partial charge in [-0.3, -0.25) is 9.62 Å². The minimum Gasteiger partial charge on any atom is -0.465 e. The van der Waals surface area contributed by atoms with Crippen LogP contribution in [0.3, 0.4) is 0 Å². The molecule has 1 rings (SSSR count). The molecule has 2 N–H and O–H groups in total. The van der Waals surface area contributed by atoms with Crippen molar-refractivity contribution in [3.8, 4) is 0 Å². The van der Waals surface area contributed by atoms with Crippen LogP contribution in [0, 0.1) is 0 Å². The zero-order valence-corrected chi connectivity index (χ0v) is 10.3. The number of nitrogens with one attached hydrogen (secondary N) is 1. The second-order valence-corrected chi connectivity index (χ2v) is 5.08. The van der Waals surface area contributed by atoms with Crippen LogP contribution in [0.4, 0.5) is 29.3 Å². The van der Waals surface area contributed by atoms with Gasteiger partial charge in [-0.05, 0) is 12.1 Å².